The molecule has 0 saturated carbocycles. The van der Waals surface area contributed by atoms with Gasteiger partial charge in [0, 0.05) is 18.2 Å². The van der Waals surface area contributed by atoms with E-state index < -0.39 is 9.84 Å². The molecule has 0 amide bonds. The highest BCUT2D eigenvalue weighted by atomic mass is 32.2. The van der Waals surface area contributed by atoms with Gasteiger partial charge in [-0.15, -0.1) is 11.3 Å². The van der Waals surface area contributed by atoms with Crippen molar-refractivity contribution < 1.29 is 8.42 Å². The Labute approximate surface area is 161 Å². The zero-order valence-electron chi connectivity index (χ0n) is 14.6. The zero-order chi connectivity index (χ0) is 18.9. The maximum Gasteiger partial charge on any atom is 0.175 e. The molecule has 4 aromatic rings. The Bertz CT molecular complexity index is 1190. The summed E-state index contributed by atoms with van der Waals surface area (Å²) in [4.78, 5) is 10.7. The van der Waals surface area contributed by atoms with Crippen molar-refractivity contribution in [2.24, 2.45) is 0 Å². The van der Waals surface area contributed by atoms with Gasteiger partial charge in [-0.1, -0.05) is 30.3 Å². The van der Waals surface area contributed by atoms with E-state index in [-0.39, 0.29) is 0 Å². The Balaban J connectivity index is 1.65. The van der Waals surface area contributed by atoms with Crippen LogP contribution in [0, 0.1) is 0 Å². The van der Waals surface area contributed by atoms with Gasteiger partial charge in [0.1, 0.15) is 5.82 Å². The highest BCUT2D eigenvalue weighted by Gasteiger charge is 2.10. The summed E-state index contributed by atoms with van der Waals surface area (Å²) in [7, 11) is -3.19. The molecule has 27 heavy (non-hydrogen) atoms. The lowest BCUT2D eigenvalue weighted by molar-refractivity contribution is 0.602. The molecule has 0 saturated heterocycles. The monoisotopic (exact) mass is 395 g/mol. The molecule has 2 aromatic heterocycles. The molecule has 0 aliphatic heterocycles. The molecule has 5 nitrogen and oxygen atoms in total. The minimum Gasteiger partial charge on any atom is -0.365 e. The number of hydrogen-bond donors (Lipinski definition) is 1. The number of fused-ring (bicyclic) bond motifs is 1. The minimum atomic E-state index is -3.19. The van der Waals surface area contributed by atoms with Crippen molar-refractivity contribution in [3.63, 3.8) is 0 Å². The molecule has 0 fully saturated rings. The van der Waals surface area contributed by atoms with E-state index in [4.69, 9.17) is 4.98 Å². The van der Waals surface area contributed by atoms with Crippen molar-refractivity contribution in [1.82, 2.24) is 9.97 Å². The van der Waals surface area contributed by atoms with Crippen molar-refractivity contribution in [3.05, 3.63) is 71.6 Å². The smallest absolute Gasteiger partial charge is 0.175 e. The van der Waals surface area contributed by atoms with E-state index in [0.717, 1.165) is 27.2 Å². The number of sulfone groups is 1. The normalized spacial score (nSPS) is 11.6. The molecule has 136 valence electrons. The van der Waals surface area contributed by atoms with E-state index in [2.05, 4.69) is 10.3 Å². The predicted molar refractivity (Wildman–Crippen MR) is 110 cm³/mol. The molecule has 0 atom stereocenters. The highest BCUT2D eigenvalue weighted by molar-refractivity contribution is 7.90. The fourth-order valence-corrected chi connectivity index (χ4v) is 4.06. The van der Waals surface area contributed by atoms with Crippen LogP contribution in [0.2, 0.25) is 0 Å². The fraction of sp³-hybridized carbons (Fsp3) is 0.100. The Morgan fingerprint density at radius 2 is 1.74 bits per heavy atom. The second kappa shape index (κ2) is 7.09. The summed E-state index contributed by atoms with van der Waals surface area (Å²) in [5.74, 6) is 1.45. The van der Waals surface area contributed by atoms with Gasteiger partial charge in [0.05, 0.1) is 15.3 Å². The topological polar surface area (TPSA) is 72.0 Å². The lowest BCUT2D eigenvalue weighted by Crippen LogP contribution is -2.04. The van der Waals surface area contributed by atoms with Gasteiger partial charge in [0.2, 0.25) is 0 Å². The SMILES string of the molecule is CS(=O)(=O)c1ccc(CNc2nc(-c3cccs3)nc3ccccc23)cc1. The maximum atomic E-state index is 11.6. The number of benzene rings is 2. The summed E-state index contributed by atoms with van der Waals surface area (Å²) in [6.07, 6.45) is 1.21. The van der Waals surface area contributed by atoms with Crippen molar-refractivity contribution >= 4 is 37.9 Å². The Morgan fingerprint density at radius 3 is 2.44 bits per heavy atom. The third-order valence-corrected chi connectivity index (χ3v) is 6.15. The second-order valence-corrected chi connectivity index (χ2v) is 9.12. The first-order valence-corrected chi connectivity index (χ1v) is 11.1. The van der Waals surface area contributed by atoms with Gasteiger partial charge < -0.3 is 5.32 Å². The second-order valence-electron chi connectivity index (χ2n) is 6.16. The molecule has 0 aliphatic rings. The number of nitrogens with zero attached hydrogens (tertiary/aromatic N) is 2. The van der Waals surface area contributed by atoms with Crippen LogP contribution in [-0.2, 0) is 16.4 Å². The van der Waals surface area contributed by atoms with E-state index >= 15 is 0 Å². The number of thiophene rings is 1. The quantitative estimate of drug-likeness (QED) is 0.543. The number of rotatable bonds is 5. The third-order valence-electron chi connectivity index (χ3n) is 4.16. The molecular weight excluding hydrogens is 378 g/mol. The summed E-state index contributed by atoms with van der Waals surface area (Å²) < 4.78 is 23.2. The van der Waals surface area contributed by atoms with Gasteiger partial charge in [-0.2, -0.15) is 0 Å². The van der Waals surface area contributed by atoms with Crippen molar-refractivity contribution in [1.29, 1.82) is 0 Å². The number of aromatic nitrogens is 2. The summed E-state index contributed by atoms with van der Waals surface area (Å²) in [5, 5.41) is 6.32. The van der Waals surface area contributed by atoms with E-state index in [1.807, 2.05) is 53.9 Å². The first-order chi connectivity index (χ1) is 13.0. The van der Waals surface area contributed by atoms with Crippen LogP contribution in [0.1, 0.15) is 5.56 Å². The average molecular weight is 396 g/mol. The molecular formula is C20H17N3O2S2. The van der Waals surface area contributed by atoms with Gasteiger partial charge in [0.15, 0.2) is 15.7 Å². The number of nitrogens with one attached hydrogen (secondary N) is 1. The fourth-order valence-electron chi connectivity index (χ4n) is 2.77. The van der Waals surface area contributed by atoms with E-state index in [1.165, 1.54) is 6.26 Å². The molecule has 2 aromatic carbocycles. The maximum absolute atomic E-state index is 11.6. The molecule has 4 rings (SSSR count). The molecule has 0 aliphatic carbocycles. The van der Waals surface area contributed by atoms with Crippen LogP contribution < -0.4 is 5.32 Å². The van der Waals surface area contributed by atoms with E-state index in [1.54, 1.807) is 23.5 Å². The zero-order valence-corrected chi connectivity index (χ0v) is 16.2. The molecule has 7 heteroatoms. The number of para-hydroxylation sites is 1. The standard InChI is InChI=1S/C20H17N3O2S2/c1-27(24,25)15-10-8-14(9-11-15)13-21-19-16-5-2-3-6-17(16)22-20(23-19)18-7-4-12-26-18/h2-12H,13H2,1H3,(H,21,22,23). The summed E-state index contributed by atoms with van der Waals surface area (Å²) >= 11 is 1.60. The van der Waals surface area contributed by atoms with E-state index in [9.17, 15) is 8.42 Å². The summed E-state index contributed by atoms with van der Waals surface area (Å²) in [6, 6.07) is 18.7. The minimum absolute atomic E-state index is 0.318. The van der Waals surface area contributed by atoms with Crippen LogP contribution in [-0.4, -0.2) is 24.6 Å². The van der Waals surface area contributed by atoms with Crippen LogP contribution in [0.15, 0.2) is 70.9 Å². The third kappa shape index (κ3) is 3.84. The lowest BCUT2D eigenvalue weighted by Gasteiger charge is -2.11. The van der Waals surface area contributed by atoms with Gasteiger partial charge in [0.25, 0.3) is 0 Å². The van der Waals surface area contributed by atoms with Crippen LogP contribution in [0.3, 0.4) is 0 Å². The van der Waals surface area contributed by atoms with Crippen molar-refractivity contribution in [2.75, 3.05) is 11.6 Å². The molecule has 0 spiro atoms. The average Bonchev–Trinajstić information content (AvgIpc) is 3.20. The Morgan fingerprint density at radius 1 is 0.963 bits per heavy atom. The largest absolute Gasteiger partial charge is 0.365 e. The van der Waals surface area contributed by atoms with Gasteiger partial charge in [-0.3, -0.25) is 0 Å². The number of anilines is 1. The van der Waals surface area contributed by atoms with Crippen molar-refractivity contribution in [2.45, 2.75) is 11.4 Å². The van der Waals surface area contributed by atoms with E-state index in [0.29, 0.717) is 17.3 Å². The van der Waals surface area contributed by atoms with Crippen LogP contribution in [0.25, 0.3) is 21.6 Å². The van der Waals surface area contributed by atoms with Crippen LogP contribution in [0.5, 0.6) is 0 Å². The van der Waals surface area contributed by atoms with Crippen LogP contribution in [0.4, 0.5) is 5.82 Å². The van der Waals surface area contributed by atoms with Gasteiger partial charge in [-0.05, 0) is 41.3 Å². The molecule has 1 N–H and O–H groups in total. The van der Waals surface area contributed by atoms with Crippen molar-refractivity contribution in [3.8, 4) is 10.7 Å². The lowest BCUT2D eigenvalue weighted by atomic mass is 10.2. The Hall–Kier alpha value is -2.77. The van der Waals surface area contributed by atoms with Crippen LogP contribution >= 0.6 is 11.3 Å². The highest BCUT2D eigenvalue weighted by Crippen LogP contribution is 2.27. The first-order valence-electron chi connectivity index (χ1n) is 8.34. The molecule has 0 bridgehead atoms. The Kier molecular flexibility index (Phi) is 4.63. The molecule has 0 unspecified atom stereocenters. The number of hydrogen-bond acceptors (Lipinski definition) is 6. The first kappa shape index (κ1) is 17.6. The van der Waals surface area contributed by atoms with Gasteiger partial charge in [-0.25, -0.2) is 18.4 Å². The summed E-state index contributed by atoms with van der Waals surface area (Å²) in [5.41, 5.74) is 1.86. The summed E-state index contributed by atoms with van der Waals surface area (Å²) in [6.45, 7) is 0.537. The van der Waals surface area contributed by atoms with Gasteiger partial charge >= 0.3 is 0 Å². The molecule has 2 heterocycles. The molecule has 0 radical (unpaired) electrons. The predicted octanol–water partition coefficient (Wildman–Crippen LogP) is 4.37.